The molecule has 34 heavy (non-hydrogen) atoms. The van der Waals surface area contributed by atoms with Gasteiger partial charge in [0, 0.05) is 28.5 Å². The molecule has 0 atom stereocenters. The van der Waals surface area contributed by atoms with Crippen LogP contribution in [0.15, 0.2) is 53.8 Å². The number of ether oxygens (including phenoxy) is 1. The van der Waals surface area contributed by atoms with Crippen molar-refractivity contribution in [2.75, 3.05) is 31.8 Å². The summed E-state index contributed by atoms with van der Waals surface area (Å²) in [6.07, 6.45) is 7.72. The lowest BCUT2D eigenvalue weighted by Crippen LogP contribution is -2.06. The summed E-state index contributed by atoms with van der Waals surface area (Å²) in [5, 5.41) is 3.26. The van der Waals surface area contributed by atoms with Gasteiger partial charge in [0.2, 0.25) is 5.82 Å². The third-order valence-electron chi connectivity index (χ3n) is 5.04. The first-order valence-corrected chi connectivity index (χ1v) is 11.8. The molecule has 2 heterocycles. The maximum atomic E-state index is 14.6. The molecule has 0 spiro atoms. The van der Waals surface area contributed by atoms with Crippen LogP contribution in [0, 0.1) is 18.6 Å². The summed E-state index contributed by atoms with van der Waals surface area (Å²) in [5.41, 5.74) is 13.1. The minimum Gasteiger partial charge on any atom is -0.494 e. The van der Waals surface area contributed by atoms with Crippen LogP contribution in [0.1, 0.15) is 12.0 Å². The van der Waals surface area contributed by atoms with Crippen LogP contribution in [0.2, 0.25) is 0 Å². The van der Waals surface area contributed by atoms with Crippen LogP contribution >= 0.6 is 11.8 Å². The summed E-state index contributed by atoms with van der Waals surface area (Å²) in [4.78, 5) is 9.93. The number of imidazole rings is 1. The molecule has 0 fully saturated rings. The number of hydrogen-bond donors (Lipinski definition) is 3. The minimum atomic E-state index is -1.03. The number of anilines is 2. The zero-order valence-corrected chi connectivity index (χ0v) is 20.1. The van der Waals surface area contributed by atoms with Crippen LogP contribution in [0.5, 0.6) is 5.75 Å². The second kappa shape index (κ2) is 11.8. The van der Waals surface area contributed by atoms with E-state index in [2.05, 4.69) is 15.3 Å². The zero-order chi connectivity index (χ0) is 24.7. The lowest BCUT2D eigenvalue weighted by molar-refractivity contribution is 0.372. The van der Waals surface area contributed by atoms with Gasteiger partial charge < -0.3 is 21.5 Å². The molecule has 10 heteroatoms. The second-order valence-electron chi connectivity index (χ2n) is 7.30. The van der Waals surface area contributed by atoms with Crippen molar-refractivity contribution in [3.63, 3.8) is 0 Å². The van der Waals surface area contributed by atoms with Crippen molar-refractivity contribution in [3.8, 4) is 17.0 Å². The first-order chi connectivity index (χ1) is 16.4. The lowest BCUT2D eigenvalue weighted by Gasteiger charge is -2.11. The number of rotatable bonds is 7. The molecule has 4 aromatic rings. The lowest BCUT2D eigenvalue weighted by atomic mass is 10.1. The molecule has 0 aliphatic heterocycles. The van der Waals surface area contributed by atoms with E-state index < -0.39 is 11.6 Å². The molecule has 0 unspecified atom stereocenters. The zero-order valence-electron chi connectivity index (χ0n) is 19.3. The highest BCUT2D eigenvalue weighted by molar-refractivity contribution is 7.98. The molecule has 0 amide bonds. The van der Waals surface area contributed by atoms with Gasteiger partial charge in [0.15, 0.2) is 23.0 Å². The Kier molecular flexibility index (Phi) is 8.80. The fourth-order valence-corrected chi connectivity index (χ4v) is 3.89. The number of fused-ring (bicyclic) bond motifs is 1. The SMILES string of the molecule is COc1ccc(-c2cnc3c(Nc4ccc(SC)c(C)c4)nccn23)c(F)c1F.NCCCN. The largest absolute Gasteiger partial charge is 0.494 e. The normalized spacial score (nSPS) is 10.7. The summed E-state index contributed by atoms with van der Waals surface area (Å²) >= 11 is 1.68. The number of aromatic nitrogens is 3. The Bertz CT molecular complexity index is 1260. The van der Waals surface area contributed by atoms with Crippen LogP contribution in [-0.4, -0.2) is 40.8 Å². The molecule has 0 aliphatic rings. The minimum absolute atomic E-state index is 0.0908. The molecule has 0 bridgehead atoms. The summed E-state index contributed by atoms with van der Waals surface area (Å²) < 4.78 is 35.2. The van der Waals surface area contributed by atoms with E-state index in [1.807, 2.05) is 31.4 Å². The van der Waals surface area contributed by atoms with Gasteiger partial charge in [0.1, 0.15) is 0 Å². The number of benzene rings is 2. The monoisotopic (exact) mass is 486 g/mol. The van der Waals surface area contributed by atoms with Crippen LogP contribution in [0.4, 0.5) is 20.3 Å². The molecule has 5 N–H and O–H groups in total. The highest BCUT2D eigenvalue weighted by atomic mass is 32.2. The molecule has 4 rings (SSSR count). The fourth-order valence-electron chi connectivity index (χ4n) is 3.30. The van der Waals surface area contributed by atoms with Gasteiger partial charge in [-0.15, -0.1) is 11.8 Å². The van der Waals surface area contributed by atoms with E-state index >= 15 is 0 Å². The first kappa shape index (κ1) is 25.4. The number of halogens is 2. The maximum Gasteiger partial charge on any atom is 0.201 e. The summed E-state index contributed by atoms with van der Waals surface area (Å²) in [6.45, 7) is 3.48. The van der Waals surface area contributed by atoms with Crippen molar-refractivity contribution in [1.29, 1.82) is 0 Å². The van der Waals surface area contributed by atoms with Crippen molar-refractivity contribution in [1.82, 2.24) is 14.4 Å². The van der Waals surface area contributed by atoms with Crippen molar-refractivity contribution in [2.45, 2.75) is 18.2 Å². The average Bonchev–Trinajstić information content (AvgIpc) is 3.27. The molecule has 7 nitrogen and oxygen atoms in total. The molecular formula is C24H28F2N6OS. The number of aryl methyl sites for hydroxylation is 1. The van der Waals surface area contributed by atoms with Gasteiger partial charge in [0.25, 0.3) is 0 Å². The van der Waals surface area contributed by atoms with Gasteiger partial charge in [-0.05, 0) is 68.6 Å². The van der Waals surface area contributed by atoms with Crippen LogP contribution in [0.25, 0.3) is 16.9 Å². The molecule has 0 saturated heterocycles. The molecule has 2 aromatic heterocycles. The molecule has 2 aromatic carbocycles. The third kappa shape index (κ3) is 5.46. The topological polar surface area (TPSA) is 103 Å². The second-order valence-corrected chi connectivity index (χ2v) is 8.14. The Morgan fingerprint density at radius 3 is 2.47 bits per heavy atom. The van der Waals surface area contributed by atoms with E-state index in [0.29, 0.717) is 17.2 Å². The highest BCUT2D eigenvalue weighted by Gasteiger charge is 2.19. The number of nitrogens with two attached hydrogens (primary N) is 2. The standard InChI is InChI=1S/C21H18F2N4OS.C3H10N2/c1-12-10-13(4-7-17(12)29-3)26-20-21-25-11-15(27(21)9-8-24-20)14-5-6-16(28-2)19(23)18(14)22;4-2-1-3-5/h4-11H,1-3H3,(H,24,26);1-5H2. The Labute approximate surface area is 201 Å². The number of methoxy groups -OCH3 is 1. The van der Waals surface area contributed by atoms with Gasteiger partial charge in [-0.1, -0.05) is 0 Å². The summed E-state index contributed by atoms with van der Waals surface area (Å²) in [6, 6.07) is 8.89. The number of nitrogens with one attached hydrogen (secondary N) is 1. The van der Waals surface area contributed by atoms with E-state index in [9.17, 15) is 8.78 Å². The van der Waals surface area contributed by atoms with Gasteiger partial charge in [-0.3, -0.25) is 4.40 Å². The summed E-state index contributed by atoms with van der Waals surface area (Å²) in [7, 11) is 1.29. The Morgan fingerprint density at radius 2 is 1.85 bits per heavy atom. The van der Waals surface area contributed by atoms with E-state index in [0.717, 1.165) is 30.8 Å². The third-order valence-corrected chi connectivity index (χ3v) is 5.93. The van der Waals surface area contributed by atoms with E-state index in [1.54, 1.807) is 28.6 Å². The van der Waals surface area contributed by atoms with Gasteiger partial charge >= 0.3 is 0 Å². The Morgan fingerprint density at radius 1 is 1.09 bits per heavy atom. The van der Waals surface area contributed by atoms with Gasteiger partial charge in [0.05, 0.1) is 19.0 Å². The number of hydrogen-bond acceptors (Lipinski definition) is 7. The van der Waals surface area contributed by atoms with Crippen molar-refractivity contribution < 1.29 is 13.5 Å². The molecule has 0 saturated carbocycles. The van der Waals surface area contributed by atoms with Gasteiger partial charge in [-0.25, -0.2) is 14.4 Å². The van der Waals surface area contributed by atoms with Crippen molar-refractivity contribution in [3.05, 3.63) is 66.1 Å². The van der Waals surface area contributed by atoms with Gasteiger partial charge in [-0.2, -0.15) is 4.39 Å². The Hall–Kier alpha value is -3.21. The predicted molar refractivity (Wildman–Crippen MR) is 134 cm³/mol. The summed E-state index contributed by atoms with van der Waals surface area (Å²) in [5.74, 6) is -1.64. The van der Waals surface area contributed by atoms with Crippen molar-refractivity contribution >= 4 is 28.9 Å². The number of nitrogens with zero attached hydrogens (tertiary/aromatic N) is 3. The maximum absolute atomic E-state index is 14.6. The first-order valence-electron chi connectivity index (χ1n) is 10.6. The molecule has 0 aliphatic carbocycles. The Balaban J connectivity index is 0.000000588. The number of thioether (sulfide) groups is 1. The fraction of sp³-hybridized carbons (Fsp3) is 0.250. The van der Waals surface area contributed by atoms with Crippen molar-refractivity contribution in [2.24, 2.45) is 11.5 Å². The quantitative estimate of drug-likeness (QED) is 0.324. The van der Waals surface area contributed by atoms with Crippen LogP contribution in [-0.2, 0) is 0 Å². The smallest absolute Gasteiger partial charge is 0.201 e. The van der Waals surface area contributed by atoms with Crippen LogP contribution < -0.4 is 21.5 Å². The van der Waals surface area contributed by atoms with E-state index in [1.165, 1.54) is 30.3 Å². The highest BCUT2D eigenvalue weighted by Crippen LogP contribution is 2.32. The van der Waals surface area contributed by atoms with E-state index in [-0.39, 0.29) is 11.3 Å². The molecular weight excluding hydrogens is 458 g/mol. The van der Waals surface area contributed by atoms with E-state index in [4.69, 9.17) is 16.2 Å². The molecule has 180 valence electrons. The predicted octanol–water partition coefficient (Wildman–Crippen LogP) is 4.75. The van der Waals surface area contributed by atoms with Crippen LogP contribution in [0.3, 0.4) is 0 Å². The average molecular weight is 487 g/mol. The molecule has 0 radical (unpaired) electrons.